The summed E-state index contributed by atoms with van der Waals surface area (Å²) in [6, 6.07) is 20.6. The first-order chi connectivity index (χ1) is 26.6. The van der Waals surface area contributed by atoms with E-state index in [-0.39, 0.29) is 35.9 Å². The summed E-state index contributed by atoms with van der Waals surface area (Å²) < 4.78 is 16.5. The van der Waals surface area contributed by atoms with Crippen LogP contribution in [-0.4, -0.2) is 52.2 Å². The summed E-state index contributed by atoms with van der Waals surface area (Å²) in [6.45, 7) is 13.0. The Kier molecular flexibility index (Phi) is 16.9. The van der Waals surface area contributed by atoms with E-state index in [0.29, 0.717) is 58.8 Å². The Bertz CT molecular complexity index is 1700. The summed E-state index contributed by atoms with van der Waals surface area (Å²) in [6.07, 6.45) is 8.24. The molecule has 55 heavy (non-hydrogen) atoms. The Balaban J connectivity index is 1.49. The highest BCUT2D eigenvalue weighted by atomic mass is 16.5. The summed E-state index contributed by atoms with van der Waals surface area (Å²) in [5, 5.41) is 9.57. The number of benzene rings is 3. The maximum Gasteiger partial charge on any atom is 0.338 e. The maximum atomic E-state index is 12.8. The Morgan fingerprint density at radius 1 is 0.527 bits per heavy atom. The van der Waals surface area contributed by atoms with Crippen molar-refractivity contribution in [3.63, 3.8) is 0 Å². The van der Waals surface area contributed by atoms with E-state index < -0.39 is 5.97 Å². The van der Waals surface area contributed by atoms with Crippen molar-refractivity contribution < 1.29 is 28.6 Å². The molecule has 3 N–H and O–H groups in total. The minimum atomic E-state index is -0.410. The number of esters is 3. The highest BCUT2D eigenvalue weighted by molar-refractivity contribution is 5.91. The number of carbonyl (C=O) groups is 3. The van der Waals surface area contributed by atoms with Crippen LogP contribution in [0.1, 0.15) is 124 Å². The van der Waals surface area contributed by atoms with E-state index in [1.54, 1.807) is 86.6 Å². The molecule has 12 heteroatoms. The molecule has 0 amide bonds. The molecule has 0 bridgehead atoms. The normalized spacial score (nSPS) is 12.1. The quantitative estimate of drug-likeness (QED) is 0.0517. The number of rotatable bonds is 22. The third kappa shape index (κ3) is 14.0. The van der Waals surface area contributed by atoms with Gasteiger partial charge in [-0.05, 0) is 111 Å². The zero-order chi connectivity index (χ0) is 39.6. The first kappa shape index (κ1) is 42.2. The lowest BCUT2D eigenvalue weighted by molar-refractivity contribution is 0.0375. The van der Waals surface area contributed by atoms with Gasteiger partial charge in [0, 0.05) is 17.1 Å². The topological polar surface area (TPSA) is 154 Å². The minimum absolute atomic E-state index is 0.222. The third-order valence-corrected chi connectivity index (χ3v) is 9.10. The van der Waals surface area contributed by atoms with Crippen LogP contribution in [0.3, 0.4) is 0 Å². The number of hydrogen-bond acceptors (Lipinski definition) is 12. The summed E-state index contributed by atoms with van der Waals surface area (Å²) in [4.78, 5) is 51.6. The summed E-state index contributed by atoms with van der Waals surface area (Å²) in [5.41, 5.74) is 3.24. The molecule has 0 radical (unpaired) electrons. The van der Waals surface area contributed by atoms with Crippen LogP contribution in [0.15, 0.2) is 72.8 Å². The number of nitrogens with zero attached hydrogens (tertiary/aromatic N) is 3. The van der Waals surface area contributed by atoms with E-state index >= 15 is 0 Å². The summed E-state index contributed by atoms with van der Waals surface area (Å²) >= 11 is 0. The molecule has 2 unspecified atom stereocenters. The van der Waals surface area contributed by atoms with E-state index in [2.05, 4.69) is 58.6 Å². The monoisotopic (exact) mass is 752 g/mol. The predicted molar refractivity (Wildman–Crippen MR) is 217 cm³/mol. The minimum Gasteiger partial charge on any atom is -0.462 e. The van der Waals surface area contributed by atoms with Crippen LogP contribution in [-0.2, 0) is 14.2 Å². The number of nitrogens with one attached hydrogen (secondary N) is 3. The van der Waals surface area contributed by atoms with Gasteiger partial charge in [-0.1, -0.05) is 66.2 Å². The summed E-state index contributed by atoms with van der Waals surface area (Å²) in [5.74, 6) is 0.246. The van der Waals surface area contributed by atoms with Gasteiger partial charge in [0.2, 0.25) is 17.8 Å². The van der Waals surface area contributed by atoms with Crippen LogP contribution in [0.2, 0.25) is 0 Å². The number of aromatic nitrogens is 3. The smallest absolute Gasteiger partial charge is 0.338 e. The van der Waals surface area contributed by atoms with Crippen molar-refractivity contribution in [1.82, 2.24) is 15.0 Å². The Hall–Kier alpha value is -5.52. The Morgan fingerprint density at radius 2 is 0.855 bits per heavy atom. The van der Waals surface area contributed by atoms with E-state index in [1.165, 1.54) is 0 Å². The van der Waals surface area contributed by atoms with Gasteiger partial charge < -0.3 is 30.2 Å². The van der Waals surface area contributed by atoms with Gasteiger partial charge in [0.15, 0.2) is 0 Å². The number of unbranched alkanes of at least 4 members (excludes halogenated alkanes) is 2. The molecule has 4 rings (SSSR count). The van der Waals surface area contributed by atoms with Crippen molar-refractivity contribution in [1.29, 1.82) is 0 Å². The van der Waals surface area contributed by atoms with Crippen molar-refractivity contribution >= 4 is 52.8 Å². The lowest BCUT2D eigenvalue weighted by Crippen LogP contribution is -2.14. The van der Waals surface area contributed by atoms with Crippen molar-refractivity contribution in [3.05, 3.63) is 89.5 Å². The van der Waals surface area contributed by atoms with Crippen LogP contribution in [0.4, 0.5) is 34.9 Å². The number of anilines is 6. The lowest BCUT2D eigenvalue weighted by atomic mass is 10.0. The van der Waals surface area contributed by atoms with Gasteiger partial charge in [-0.2, -0.15) is 15.0 Å². The number of ether oxygens (including phenoxy) is 3. The van der Waals surface area contributed by atoms with Crippen LogP contribution < -0.4 is 16.0 Å². The molecule has 0 aliphatic heterocycles. The molecule has 1 aromatic heterocycles. The molecule has 0 aliphatic carbocycles. The van der Waals surface area contributed by atoms with E-state index in [9.17, 15) is 14.4 Å². The molecule has 0 fully saturated rings. The van der Waals surface area contributed by atoms with Crippen molar-refractivity contribution in [3.8, 4) is 0 Å². The number of carbonyl (C=O) groups excluding carboxylic acids is 3. The summed E-state index contributed by atoms with van der Waals surface area (Å²) in [7, 11) is 0. The fourth-order valence-corrected chi connectivity index (χ4v) is 5.63. The fraction of sp³-hybridized carbons (Fsp3) is 0.442. The molecule has 2 atom stereocenters. The Labute approximate surface area is 325 Å². The van der Waals surface area contributed by atoms with Gasteiger partial charge in [0.25, 0.3) is 0 Å². The maximum absolute atomic E-state index is 12.8. The molecule has 4 aromatic rings. The van der Waals surface area contributed by atoms with Gasteiger partial charge in [-0.15, -0.1) is 0 Å². The van der Waals surface area contributed by atoms with Crippen LogP contribution in [0, 0.1) is 11.8 Å². The molecule has 3 aromatic carbocycles. The average molecular weight is 753 g/mol. The van der Waals surface area contributed by atoms with Crippen LogP contribution in [0.25, 0.3) is 0 Å². The van der Waals surface area contributed by atoms with Gasteiger partial charge in [-0.3, -0.25) is 0 Å². The van der Waals surface area contributed by atoms with Gasteiger partial charge in [-0.25, -0.2) is 14.4 Å². The van der Waals surface area contributed by atoms with E-state index in [4.69, 9.17) is 14.2 Å². The molecule has 0 saturated heterocycles. The first-order valence-corrected chi connectivity index (χ1v) is 19.5. The average Bonchev–Trinajstić information content (AvgIpc) is 3.18. The van der Waals surface area contributed by atoms with Crippen molar-refractivity contribution in [2.75, 3.05) is 29.2 Å². The molecule has 0 saturated carbocycles. The second-order valence-electron chi connectivity index (χ2n) is 13.9. The van der Waals surface area contributed by atoms with Crippen LogP contribution >= 0.6 is 0 Å². The zero-order valence-electron chi connectivity index (χ0n) is 33.0. The highest BCUT2D eigenvalue weighted by Gasteiger charge is 2.16. The predicted octanol–water partition coefficient (Wildman–Crippen LogP) is 10.4. The van der Waals surface area contributed by atoms with Crippen LogP contribution in [0.5, 0.6) is 0 Å². The second kappa shape index (κ2) is 22.0. The van der Waals surface area contributed by atoms with Crippen molar-refractivity contribution in [2.45, 2.75) is 99.0 Å². The second-order valence-corrected chi connectivity index (χ2v) is 13.9. The fourth-order valence-electron chi connectivity index (χ4n) is 5.63. The molecular formula is C43H56N6O6. The SMILES string of the molecule is CCCCC(CC)COC(=O)c1ccc(Nc2nc(Nc3ccc(C(=O)OCC(CC)CCCC)cc3)nc(Nc3ccc(C(=O)OC(C)C)cc3)n2)cc1. The molecular weight excluding hydrogens is 697 g/mol. The number of hydrogen-bond donors (Lipinski definition) is 3. The molecule has 0 aliphatic rings. The largest absolute Gasteiger partial charge is 0.462 e. The van der Waals surface area contributed by atoms with Gasteiger partial charge >= 0.3 is 17.9 Å². The zero-order valence-corrected chi connectivity index (χ0v) is 33.0. The van der Waals surface area contributed by atoms with Gasteiger partial charge in [0.1, 0.15) is 0 Å². The van der Waals surface area contributed by atoms with Crippen molar-refractivity contribution in [2.24, 2.45) is 11.8 Å². The van der Waals surface area contributed by atoms with E-state index in [1.807, 2.05) is 0 Å². The van der Waals surface area contributed by atoms with Gasteiger partial charge in [0.05, 0.1) is 36.0 Å². The third-order valence-electron chi connectivity index (χ3n) is 9.10. The molecule has 12 nitrogen and oxygen atoms in total. The lowest BCUT2D eigenvalue weighted by Gasteiger charge is -2.15. The standard InChI is InChI=1S/C43H56N6O6/c1-7-11-13-30(9-3)27-53-38(50)32-15-21-35(22-16-32)44-41-47-42(49-43(48-41)46-37-25-19-34(20-26-37)40(52)55-29(5)6)45-36-23-17-33(18-24-36)39(51)54-28-31(10-4)14-12-8-2/h15-26,29-31H,7-14,27-28H2,1-6H3,(H3,44,45,46,47,48,49). The first-order valence-electron chi connectivity index (χ1n) is 19.5. The van der Waals surface area contributed by atoms with E-state index in [0.717, 1.165) is 51.4 Å². The molecule has 0 spiro atoms. The molecule has 1 heterocycles. The molecule has 294 valence electrons. The Morgan fingerprint density at radius 3 is 1.15 bits per heavy atom. The highest BCUT2D eigenvalue weighted by Crippen LogP contribution is 2.23.